The van der Waals surface area contributed by atoms with Crippen LogP contribution < -0.4 is 4.74 Å². The highest BCUT2D eigenvalue weighted by Crippen LogP contribution is 2.19. The number of hydrogen-bond acceptors (Lipinski definition) is 4. The molecule has 1 amide bonds. The van der Waals surface area contributed by atoms with Crippen LogP contribution in [0.3, 0.4) is 0 Å². The van der Waals surface area contributed by atoms with Crippen molar-refractivity contribution in [2.75, 3.05) is 13.1 Å². The molecule has 1 atom stereocenters. The molecule has 0 unspecified atom stereocenters. The van der Waals surface area contributed by atoms with Gasteiger partial charge in [0.1, 0.15) is 11.9 Å². The number of pyridine rings is 1. The van der Waals surface area contributed by atoms with Crippen LogP contribution in [0.4, 0.5) is 0 Å². The number of hydrogen-bond donors (Lipinski definition) is 0. The van der Waals surface area contributed by atoms with Crippen LogP contribution in [-0.2, 0) is 11.2 Å². The zero-order chi connectivity index (χ0) is 13.8. The van der Waals surface area contributed by atoms with E-state index in [1.807, 2.05) is 34.5 Å². The number of carbonyl (C=O) groups excluding carboxylic acids is 1. The second kappa shape index (κ2) is 6.05. The third kappa shape index (κ3) is 3.17. The first-order chi connectivity index (χ1) is 9.81. The van der Waals surface area contributed by atoms with Gasteiger partial charge >= 0.3 is 0 Å². The van der Waals surface area contributed by atoms with Gasteiger partial charge in [-0.1, -0.05) is 6.07 Å². The maximum Gasteiger partial charge on any atom is 0.227 e. The van der Waals surface area contributed by atoms with E-state index in [9.17, 15) is 4.79 Å². The van der Waals surface area contributed by atoms with Gasteiger partial charge in [0.05, 0.1) is 13.0 Å². The first-order valence-corrected chi connectivity index (χ1v) is 7.56. The first kappa shape index (κ1) is 13.1. The Bertz CT molecular complexity index is 557. The van der Waals surface area contributed by atoms with Gasteiger partial charge in [0.2, 0.25) is 5.91 Å². The lowest BCUT2D eigenvalue weighted by molar-refractivity contribution is -0.129. The lowest BCUT2D eigenvalue weighted by atomic mass is 10.3. The Morgan fingerprint density at radius 3 is 3.00 bits per heavy atom. The second-order valence-corrected chi connectivity index (χ2v) is 5.84. The van der Waals surface area contributed by atoms with Crippen molar-refractivity contribution >= 4 is 17.2 Å². The Balaban J connectivity index is 1.53. The van der Waals surface area contributed by atoms with Gasteiger partial charge in [-0.3, -0.25) is 9.78 Å². The molecule has 1 saturated heterocycles. The number of carbonyl (C=O) groups is 1. The van der Waals surface area contributed by atoms with Crippen LogP contribution in [-0.4, -0.2) is 35.0 Å². The lowest BCUT2D eigenvalue weighted by Gasteiger charge is -2.17. The van der Waals surface area contributed by atoms with Gasteiger partial charge in [0.25, 0.3) is 0 Å². The molecular weight excluding hydrogens is 272 g/mol. The fourth-order valence-corrected chi connectivity index (χ4v) is 3.03. The molecule has 0 aliphatic carbocycles. The summed E-state index contributed by atoms with van der Waals surface area (Å²) in [5.74, 6) is 1.01. The number of ether oxygens (including phenoxy) is 1. The monoisotopic (exact) mass is 288 g/mol. The smallest absolute Gasteiger partial charge is 0.227 e. The summed E-state index contributed by atoms with van der Waals surface area (Å²) in [5, 5.41) is 2.00. The Kier molecular flexibility index (Phi) is 3.97. The molecule has 104 valence electrons. The van der Waals surface area contributed by atoms with E-state index in [0.29, 0.717) is 13.0 Å². The van der Waals surface area contributed by atoms with Crippen molar-refractivity contribution in [2.45, 2.75) is 18.9 Å². The molecule has 0 radical (unpaired) electrons. The molecule has 1 aliphatic rings. The van der Waals surface area contributed by atoms with Gasteiger partial charge in [0.15, 0.2) is 0 Å². The first-order valence-electron chi connectivity index (χ1n) is 6.68. The van der Waals surface area contributed by atoms with Crippen LogP contribution in [0.1, 0.15) is 11.3 Å². The van der Waals surface area contributed by atoms with E-state index >= 15 is 0 Å². The van der Waals surface area contributed by atoms with Crippen LogP contribution in [0.2, 0.25) is 0 Å². The summed E-state index contributed by atoms with van der Waals surface area (Å²) in [5.41, 5.74) is 0. The van der Waals surface area contributed by atoms with E-state index in [0.717, 1.165) is 23.6 Å². The topological polar surface area (TPSA) is 42.4 Å². The summed E-state index contributed by atoms with van der Waals surface area (Å²) < 4.78 is 5.86. The summed E-state index contributed by atoms with van der Waals surface area (Å²) in [6.45, 7) is 1.45. The number of aromatic nitrogens is 1. The molecule has 0 saturated carbocycles. The minimum Gasteiger partial charge on any atom is -0.488 e. The minimum atomic E-state index is 0.0877. The average molecular weight is 288 g/mol. The second-order valence-electron chi connectivity index (χ2n) is 4.81. The van der Waals surface area contributed by atoms with E-state index in [-0.39, 0.29) is 12.0 Å². The number of rotatable bonds is 4. The van der Waals surface area contributed by atoms with Crippen LogP contribution in [0.15, 0.2) is 42.0 Å². The van der Waals surface area contributed by atoms with Crippen molar-refractivity contribution in [3.63, 3.8) is 0 Å². The molecule has 0 aromatic carbocycles. The van der Waals surface area contributed by atoms with Crippen LogP contribution in [0.25, 0.3) is 0 Å². The number of thiophene rings is 1. The molecule has 4 nitrogen and oxygen atoms in total. The summed E-state index contributed by atoms with van der Waals surface area (Å²) in [6, 6.07) is 7.67. The Labute approximate surface area is 122 Å². The SMILES string of the molecule is O=C(Cc1cccs1)N1CC[C@H](Oc2ccncc2)C1. The van der Waals surface area contributed by atoms with Crippen molar-refractivity contribution in [1.29, 1.82) is 0 Å². The molecule has 0 spiro atoms. The van der Waals surface area contributed by atoms with Crippen molar-refractivity contribution < 1.29 is 9.53 Å². The summed E-state index contributed by atoms with van der Waals surface area (Å²) in [7, 11) is 0. The van der Waals surface area contributed by atoms with E-state index in [2.05, 4.69) is 4.98 Å². The quantitative estimate of drug-likeness (QED) is 0.867. The van der Waals surface area contributed by atoms with Gasteiger partial charge in [-0.2, -0.15) is 0 Å². The van der Waals surface area contributed by atoms with Crippen molar-refractivity contribution in [1.82, 2.24) is 9.88 Å². The summed E-state index contributed by atoms with van der Waals surface area (Å²) >= 11 is 1.63. The third-order valence-electron chi connectivity index (χ3n) is 3.36. The Morgan fingerprint density at radius 1 is 1.40 bits per heavy atom. The average Bonchev–Trinajstić information content (AvgIpc) is 3.11. The maximum absolute atomic E-state index is 12.2. The fraction of sp³-hybridized carbons (Fsp3) is 0.333. The number of amides is 1. The van der Waals surface area contributed by atoms with Crippen molar-refractivity contribution in [3.05, 3.63) is 46.9 Å². The summed E-state index contributed by atoms with van der Waals surface area (Å²) in [6.07, 6.45) is 4.90. The van der Waals surface area contributed by atoms with E-state index in [1.54, 1.807) is 23.7 Å². The largest absolute Gasteiger partial charge is 0.488 e. The van der Waals surface area contributed by atoms with Gasteiger partial charge in [-0.05, 0) is 23.6 Å². The maximum atomic E-state index is 12.2. The molecule has 1 aliphatic heterocycles. The highest BCUT2D eigenvalue weighted by Gasteiger charge is 2.27. The number of nitrogens with zero attached hydrogens (tertiary/aromatic N) is 2. The predicted molar refractivity (Wildman–Crippen MR) is 77.9 cm³/mol. The fourth-order valence-electron chi connectivity index (χ4n) is 2.33. The van der Waals surface area contributed by atoms with Gasteiger partial charge in [-0.25, -0.2) is 0 Å². The molecule has 0 N–H and O–H groups in total. The molecule has 2 aromatic rings. The number of likely N-dealkylation sites (tertiary alicyclic amines) is 1. The molecule has 5 heteroatoms. The van der Waals surface area contributed by atoms with E-state index in [4.69, 9.17) is 4.74 Å². The lowest BCUT2D eigenvalue weighted by Crippen LogP contribution is -2.31. The van der Waals surface area contributed by atoms with Gasteiger partial charge < -0.3 is 9.64 Å². The van der Waals surface area contributed by atoms with E-state index < -0.39 is 0 Å². The van der Waals surface area contributed by atoms with Crippen LogP contribution in [0.5, 0.6) is 5.75 Å². The minimum absolute atomic E-state index is 0.0877. The standard InChI is InChI=1S/C15H16N2O2S/c18-15(10-14-2-1-9-20-14)17-8-5-13(11-17)19-12-3-6-16-7-4-12/h1-4,6-7,9,13H,5,8,10-11H2/t13-/m0/s1. The molecule has 2 aromatic heterocycles. The predicted octanol–water partition coefficient (Wildman–Crippen LogP) is 2.37. The molecule has 3 heterocycles. The zero-order valence-electron chi connectivity index (χ0n) is 11.1. The Morgan fingerprint density at radius 2 is 2.25 bits per heavy atom. The normalized spacial score (nSPS) is 18.2. The van der Waals surface area contributed by atoms with Crippen LogP contribution in [0, 0.1) is 0 Å². The third-order valence-corrected chi connectivity index (χ3v) is 4.23. The summed E-state index contributed by atoms with van der Waals surface area (Å²) in [4.78, 5) is 19.2. The zero-order valence-corrected chi connectivity index (χ0v) is 11.9. The molecule has 0 bridgehead atoms. The molecule has 1 fully saturated rings. The van der Waals surface area contributed by atoms with Crippen LogP contribution >= 0.6 is 11.3 Å². The highest BCUT2D eigenvalue weighted by atomic mass is 32.1. The van der Waals surface area contributed by atoms with Gasteiger partial charge in [-0.15, -0.1) is 11.3 Å². The molecule has 3 rings (SSSR count). The Hall–Kier alpha value is -1.88. The van der Waals surface area contributed by atoms with E-state index in [1.165, 1.54) is 0 Å². The van der Waals surface area contributed by atoms with Crippen molar-refractivity contribution in [2.24, 2.45) is 0 Å². The van der Waals surface area contributed by atoms with Gasteiger partial charge in [0, 0.05) is 30.2 Å². The highest BCUT2D eigenvalue weighted by molar-refractivity contribution is 7.10. The molecular formula is C15H16N2O2S. The van der Waals surface area contributed by atoms with Crippen molar-refractivity contribution in [3.8, 4) is 5.75 Å². The molecule has 20 heavy (non-hydrogen) atoms.